The summed E-state index contributed by atoms with van der Waals surface area (Å²) in [5.41, 5.74) is 7.59. The lowest BCUT2D eigenvalue weighted by Crippen LogP contribution is -2.09. The zero-order valence-corrected chi connectivity index (χ0v) is 18.1. The molecular formula is C26H27NO4. The summed E-state index contributed by atoms with van der Waals surface area (Å²) in [4.78, 5) is 11.6. The molecule has 0 saturated heterocycles. The molecule has 0 fully saturated rings. The SMILES string of the molecule is COC(=O)CC1COc2cc(NCc3cccc(-c4c(C)cc(O)cc4C)c3)ccc21. The summed E-state index contributed by atoms with van der Waals surface area (Å²) in [5, 5.41) is 13.3. The van der Waals surface area contributed by atoms with E-state index in [-0.39, 0.29) is 11.9 Å². The number of aryl methyl sites for hydroxylation is 2. The number of nitrogens with one attached hydrogen (secondary N) is 1. The van der Waals surface area contributed by atoms with Crippen LogP contribution >= 0.6 is 0 Å². The van der Waals surface area contributed by atoms with Crippen LogP contribution in [-0.2, 0) is 16.1 Å². The van der Waals surface area contributed by atoms with Gasteiger partial charge in [-0.05, 0) is 65.9 Å². The minimum atomic E-state index is -0.220. The van der Waals surface area contributed by atoms with Crippen molar-refractivity contribution in [2.24, 2.45) is 0 Å². The molecule has 160 valence electrons. The molecule has 5 heteroatoms. The first-order valence-electron chi connectivity index (χ1n) is 10.4. The molecular weight excluding hydrogens is 390 g/mol. The lowest BCUT2D eigenvalue weighted by Gasteiger charge is -2.13. The Bertz CT molecular complexity index is 1100. The van der Waals surface area contributed by atoms with E-state index in [1.807, 2.05) is 32.0 Å². The van der Waals surface area contributed by atoms with Crippen molar-refractivity contribution in [1.29, 1.82) is 0 Å². The number of methoxy groups -OCH3 is 1. The number of fused-ring (bicyclic) bond motifs is 1. The molecule has 3 aromatic rings. The minimum absolute atomic E-state index is 0.0463. The number of benzene rings is 3. The number of phenolic OH excluding ortho intramolecular Hbond substituents is 1. The average Bonchev–Trinajstić information content (AvgIpc) is 3.13. The topological polar surface area (TPSA) is 67.8 Å². The fourth-order valence-corrected chi connectivity index (χ4v) is 4.28. The van der Waals surface area contributed by atoms with E-state index in [1.54, 1.807) is 12.1 Å². The largest absolute Gasteiger partial charge is 0.508 e. The molecule has 2 N–H and O–H groups in total. The summed E-state index contributed by atoms with van der Waals surface area (Å²) < 4.78 is 10.6. The van der Waals surface area contributed by atoms with E-state index in [4.69, 9.17) is 9.47 Å². The molecule has 5 nitrogen and oxygen atoms in total. The van der Waals surface area contributed by atoms with Crippen molar-refractivity contribution in [3.63, 3.8) is 0 Å². The van der Waals surface area contributed by atoms with Gasteiger partial charge < -0.3 is 19.9 Å². The van der Waals surface area contributed by atoms with Crippen molar-refractivity contribution < 1.29 is 19.4 Å². The summed E-state index contributed by atoms with van der Waals surface area (Å²) in [6.45, 7) is 5.21. The van der Waals surface area contributed by atoms with Gasteiger partial charge in [-0.3, -0.25) is 4.79 Å². The van der Waals surface area contributed by atoms with E-state index in [9.17, 15) is 9.90 Å². The van der Waals surface area contributed by atoms with Crippen LogP contribution in [0.4, 0.5) is 5.69 Å². The third-order valence-electron chi connectivity index (χ3n) is 5.76. The van der Waals surface area contributed by atoms with E-state index >= 15 is 0 Å². The fourth-order valence-electron chi connectivity index (χ4n) is 4.28. The quantitative estimate of drug-likeness (QED) is 0.531. The molecule has 0 spiro atoms. The molecule has 1 aliphatic rings. The van der Waals surface area contributed by atoms with Gasteiger partial charge in [0.15, 0.2) is 0 Å². The molecule has 31 heavy (non-hydrogen) atoms. The van der Waals surface area contributed by atoms with Crippen LogP contribution in [0.1, 0.15) is 34.6 Å². The number of carbonyl (C=O) groups is 1. The van der Waals surface area contributed by atoms with E-state index in [0.717, 1.165) is 44.8 Å². The maximum atomic E-state index is 11.6. The van der Waals surface area contributed by atoms with Gasteiger partial charge in [-0.2, -0.15) is 0 Å². The summed E-state index contributed by atoms with van der Waals surface area (Å²) in [6.07, 6.45) is 0.333. The Morgan fingerprint density at radius 2 is 1.90 bits per heavy atom. The number of phenols is 1. The Morgan fingerprint density at radius 3 is 2.65 bits per heavy atom. The highest BCUT2D eigenvalue weighted by molar-refractivity contribution is 5.73. The molecule has 0 bridgehead atoms. The van der Waals surface area contributed by atoms with Crippen molar-refractivity contribution in [3.05, 3.63) is 76.9 Å². The Morgan fingerprint density at radius 1 is 1.13 bits per heavy atom. The zero-order chi connectivity index (χ0) is 22.0. The predicted molar refractivity (Wildman–Crippen MR) is 122 cm³/mol. The fraction of sp³-hybridized carbons (Fsp3) is 0.269. The normalized spacial score (nSPS) is 14.6. The molecule has 0 aromatic heterocycles. The van der Waals surface area contributed by atoms with Crippen molar-refractivity contribution >= 4 is 11.7 Å². The molecule has 0 amide bonds. The Labute approximate surface area is 182 Å². The van der Waals surface area contributed by atoms with Crippen molar-refractivity contribution in [2.75, 3.05) is 19.0 Å². The second kappa shape index (κ2) is 8.72. The third-order valence-corrected chi connectivity index (χ3v) is 5.76. The Hall–Kier alpha value is -3.47. The van der Waals surface area contributed by atoms with E-state index in [0.29, 0.717) is 25.3 Å². The Kier molecular flexibility index (Phi) is 5.85. The van der Waals surface area contributed by atoms with Gasteiger partial charge in [0.2, 0.25) is 0 Å². The monoisotopic (exact) mass is 417 g/mol. The van der Waals surface area contributed by atoms with E-state index < -0.39 is 0 Å². The number of esters is 1. The minimum Gasteiger partial charge on any atom is -0.508 e. The van der Waals surface area contributed by atoms with Crippen LogP contribution in [0.5, 0.6) is 11.5 Å². The highest BCUT2D eigenvalue weighted by Crippen LogP contribution is 2.38. The standard InChI is InChI=1S/C26H27NO4/c1-16-9-22(28)10-17(2)26(16)19-6-4-5-18(11-19)14-27-21-7-8-23-20(12-25(29)30-3)15-31-24(23)13-21/h4-11,13,20,27-28H,12,14-15H2,1-3H3. The highest BCUT2D eigenvalue weighted by Gasteiger charge is 2.26. The number of anilines is 1. The number of hydrogen-bond acceptors (Lipinski definition) is 5. The predicted octanol–water partition coefficient (Wildman–Crippen LogP) is 5.33. The number of ether oxygens (including phenoxy) is 2. The number of aromatic hydroxyl groups is 1. The first-order chi connectivity index (χ1) is 14.9. The van der Waals surface area contributed by atoms with Gasteiger partial charge >= 0.3 is 5.97 Å². The molecule has 4 rings (SSSR count). The molecule has 0 radical (unpaired) electrons. The molecule has 1 heterocycles. The van der Waals surface area contributed by atoms with Gasteiger partial charge in [-0.15, -0.1) is 0 Å². The van der Waals surface area contributed by atoms with Crippen molar-refractivity contribution in [1.82, 2.24) is 0 Å². The van der Waals surface area contributed by atoms with Crippen LogP contribution in [0.25, 0.3) is 11.1 Å². The highest BCUT2D eigenvalue weighted by atomic mass is 16.5. The number of rotatable bonds is 6. The van der Waals surface area contributed by atoms with Gasteiger partial charge in [0.25, 0.3) is 0 Å². The Balaban J connectivity index is 1.47. The van der Waals surface area contributed by atoms with Crippen molar-refractivity contribution in [3.8, 4) is 22.6 Å². The van der Waals surface area contributed by atoms with E-state index in [2.05, 4.69) is 29.6 Å². The smallest absolute Gasteiger partial charge is 0.306 e. The maximum absolute atomic E-state index is 11.6. The lowest BCUT2D eigenvalue weighted by molar-refractivity contribution is -0.141. The van der Waals surface area contributed by atoms with Gasteiger partial charge in [0.05, 0.1) is 20.1 Å². The summed E-state index contributed by atoms with van der Waals surface area (Å²) in [6, 6.07) is 18.1. The number of hydrogen-bond donors (Lipinski definition) is 2. The summed E-state index contributed by atoms with van der Waals surface area (Å²) >= 11 is 0. The molecule has 1 unspecified atom stereocenters. The molecule has 3 aromatic carbocycles. The average molecular weight is 418 g/mol. The van der Waals surface area contributed by atoms with Crippen LogP contribution in [0.2, 0.25) is 0 Å². The maximum Gasteiger partial charge on any atom is 0.306 e. The van der Waals surface area contributed by atoms with Crippen LogP contribution in [0, 0.1) is 13.8 Å². The summed E-state index contributed by atoms with van der Waals surface area (Å²) in [5.74, 6) is 0.944. The van der Waals surface area contributed by atoms with Gasteiger partial charge in [0.1, 0.15) is 11.5 Å². The van der Waals surface area contributed by atoms with Gasteiger partial charge in [-0.25, -0.2) is 0 Å². The molecule has 0 saturated carbocycles. The first-order valence-corrected chi connectivity index (χ1v) is 10.4. The number of carbonyl (C=O) groups excluding carboxylic acids is 1. The third kappa shape index (κ3) is 4.50. The zero-order valence-electron chi connectivity index (χ0n) is 18.1. The lowest BCUT2D eigenvalue weighted by atomic mass is 9.94. The summed E-state index contributed by atoms with van der Waals surface area (Å²) in [7, 11) is 1.41. The van der Waals surface area contributed by atoms with Gasteiger partial charge in [-0.1, -0.05) is 24.3 Å². The molecule has 1 atom stereocenters. The van der Waals surface area contributed by atoms with Crippen LogP contribution in [0.3, 0.4) is 0 Å². The van der Waals surface area contributed by atoms with Gasteiger partial charge in [0, 0.05) is 29.8 Å². The first kappa shape index (κ1) is 20.8. The second-order valence-corrected chi connectivity index (χ2v) is 8.05. The van der Waals surface area contributed by atoms with Crippen molar-refractivity contribution in [2.45, 2.75) is 32.7 Å². The van der Waals surface area contributed by atoms with Crippen LogP contribution < -0.4 is 10.1 Å². The van der Waals surface area contributed by atoms with Crippen LogP contribution in [-0.4, -0.2) is 24.8 Å². The van der Waals surface area contributed by atoms with E-state index in [1.165, 1.54) is 7.11 Å². The second-order valence-electron chi connectivity index (χ2n) is 8.05. The van der Waals surface area contributed by atoms with Crippen LogP contribution in [0.15, 0.2) is 54.6 Å². The molecule has 1 aliphatic heterocycles. The molecule has 0 aliphatic carbocycles.